The van der Waals surface area contributed by atoms with E-state index in [0.29, 0.717) is 19.4 Å². The Morgan fingerprint density at radius 2 is 2.17 bits per heavy atom. The molecule has 0 radical (unpaired) electrons. The van der Waals surface area contributed by atoms with E-state index in [1.807, 2.05) is 0 Å². The fourth-order valence-corrected chi connectivity index (χ4v) is 1.82. The van der Waals surface area contributed by atoms with Gasteiger partial charge in [0.25, 0.3) is 0 Å². The Bertz CT molecular complexity index is 344. The van der Waals surface area contributed by atoms with Crippen LogP contribution in [0.1, 0.15) is 26.7 Å². The molecule has 102 valence electrons. The molecule has 7 nitrogen and oxygen atoms in total. The molecule has 2 N–H and O–H groups in total. The molecule has 0 saturated carbocycles. The minimum atomic E-state index is -1.12. The zero-order valence-corrected chi connectivity index (χ0v) is 10.5. The number of ether oxygens (including phenoxy) is 1. The summed E-state index contributed by atoms with van der Waals surface area (Å²) in [6.07, 6.45) is 1.26. The predicted octanol–water partition coefficient (Wildman–Crippen LogP) is 0.197. The van der Waals surface area contributed by atoms with E-state index in [-0.39, 0.29) is 6.61 Å². The summed E-state index contributed by atoms with van der Waals surface area (Å²) in [5.74, 6) is -1.55. The molecule has 2 unspecified atom stereocenters. The zero-order chi connectivity index (χ0) is 13.7. The number of hydrogen-bond donors (Lipinski definition) is 2. The molecule has 0 aliphatic carbocycles. The smallest absolute Gasteiger partial charge is 0.328 e. The van der Waals surface area contributed by atoms with E-state index in [4.69, 9.17) is 9.84 Å². The van der Waals surface area contributed by atoms with Crippen molar-refractivity contribution in [1.82, 2.24) is 10.2 Å². The van der Waals surface area contributed by atoms with Gasteiger partial charge >= 0.3 is 18.0 Å². The van der Waals surface area contributed by atoms with Gasteiger partial charge < -0.3 is 20.1 Å². The van der Waals surface area contributed by atoms with Crippen LogP contribution in [0.25, 0.3) is 0 Å². The number of rotatable bonds is 4. The number of nitrogens with one attached hydrogen (secondary N) is 1. The van der Waals surface area contributed by atoms with E-state index in [0.717, 1.165) is 0 Å². The summed E-state index contributed by atoms with van der Waals surface area (Å²) in [6, 6.07) is -2.13. The first-order valence-corrected chi connectivity index (χ1v) is 5.94. The average Bonchev–Trinajstić information content (AvgIpc) is 2.77. The Morgan fingerprint density at radius 3 is 2.72 bits per heavy atom. The highest BCUT2D eigenvalue weighted by Crippen LogP contribution is 2.18. The molecular weight excluding hydrogens is 240 g/mol. The van der Waals surface area contributed by atoms with Crippen molar-refractivity contribution in [2.24, 2.45) is 0 Å². The van der Waals surface area contributed by atoms with Crippen molar-refractivity contribution in [2.45, 2.75) is 38.8 Å². The standard InChI is InChI=1S/C11H18N2O5/c1-3-18-10(16)8-5-4-6-13(8)11(17)12-7(2)9(14)15/h7-8H,3-6H2,1-2H3,(H,12,17)(H,14,15). The number of likely N-dealkylation sites (tertiary alicyclic amines) is 1. The van der Waals surface area contributed by atoms with Crippen LogP contribution >= 0.6 is 0 Å². The molecule has 0 bridgehead atoms. The molecule has 0 aromatic heterocycles. The number of amides is 2. The van der Waals surface area contributed by atoms with E-state index in [9.17, 15) is 14.4 Å². The number of carboxylic acid groups (broad SMARTS) is 1. The van der Waals surface area contributed by atoms with Crippen LogP contribution in [0.15, 0.2) is 0 Å². The predicted molar refractivity (Wildman–Crippen MR) is 62.0 cm³/mol. The van der Waals surface area contributed by atoms with Gasteiger partial charge in [-0.15, -0.1) is 0 Å². The van der Waals surface area contributed by atoms with Crippen LogP contribution in [0.3, 0.4) is 0 Å². The Hall–Kier alpha value is -1.79. The minimum absolute atomic E-state index is 0.260. The first kappa shape index (κ1) is 14.3. The van der Waals surface area contributed by atoms with Gasteiger partial charge in [-0.1, -0.05) is 0 Å². The molecule has 2 atom stereocenters. The quantitative estimate of drug-likeness (QED) is 0.702. The number of carbonyl (C=O) groups excluding carboxylic acids is 2. The van der Waals surface area contributed by atoms with Gasteiger partial charge in [-0.2, -0.15) is 0 Å². The van der Waals surface area contributed by atoms with Gasteiger partial charge in [0.1, 0.15) is 12.1 Å². The summed E-state index contributed by atoms with van der Waals surface area (Å²) >= 11 is 0. The van der Waals surface area contributed by atoms with Crippen LogP contribution in [-0.2, 0) is 14.3 Å². The molecule has 0 aromatic rings. The van der Waals surface area contributed by atoms with E-state index in [1.165, 1.54) is 11.8 Å². The molecular formula is C11H18N2O5. The topological polar surface area (TPSA) is 95.9 Å². The molecule has 1 heterocycles. The van der Waals surface area contributed by atoms with Crippen LogP contribution in [-0.4, -0.2) is 53.2 Å². The van der Waals surface area contributed by atoms with E-state index in [1.54, 1.807) is 6.92 Å². The molecule has 0 aromatic carbocycles. The van der Waals surface area contributed by atoms with E-state index >= 15 is 0 Å². The lowest BCUT2D eigenvalue weighted by molar-refractivity contribution is -0.147. The van der Waals surface area contributed by atoms with Crippen LogP contribution in [0, 0.1) is 0 Å². The van der Waals surface area contributed by atoms with Gasteiger partial charge in [0.15, 0.2) is 0 Å². The van der Waals surface area contributed by atoms with Crippen LogP contribution < -0.4 is 5.32 Å². The monoisotopic (exact) mass is 258 g/mol. The minimum Gasteiger partial charge on any atom is -0.480 e. The van der Waals surface area contributed by atoms with Gasteiger partial charge in [-0.05, 0) is 26.7 Å². The Kier molecular flexibility index (Phi) is 4.94. The molecule has 7 heteroatoms. The number of carbonyl (C=O) groups is 3. The summed E-state index contributed by atoms with van der Waals surface area (Å²) in [5.41, 5.74) is 0. The number of esters is 1. The third-order valence-electron chi connectivity index (χ3n) is 2.78. The number of nitrogens with zero attached hydrogens (tertiary/aromatic N) is 1. The number of urea groups is 1. The molecule has 1 saturated heterocycles. The lowest BCUT2D eigenvalue weighted by Crippen LogP contribution is -2.50. The van der Waals surface area contributed by atoms with Gasteiger partial charge in [-0.25, -0.2) is 9.59 Å². The summed E-state index contributed by atoms with van der Waals surface area (Å²) < 4.78 is 4.88. The Morgan fingerprint density at radius 1 is 1.50 bits per heavy atom. The third-order valence-corrected chi connectivity index (χ3v) is 2.78. The van der Waals surface area contributed by atoms with Gasteiger partial charge in [0.05, 0.1) is 6.61 Å². The fourth-order valence-electron chi connectivity index (χ4n) is 1.82. The molecule has 1 aliphatic rings. The van der Waals surface area contributed by atoms with Gasteiger partial charge in [-0.3, -0.25) is 4.79 Å². The van der Waals surface area contributed by atoms with E-state index in [2.05, 4.69) is 5.32 Å². The second-order valence-corrected chi connectivity index (χ2v) is 4.11. The highest BCUT2D eigenvalue weighted by molar-refractivity contribution is 5.87. The van der Waals surface area contributed by atoms with Gasteiger partial charge in [0.2, 0.25) is 0 Å². The highest BCUT2D eigenvalue weighted by atomic mass is 16.5. The van der Waals surface area contributed by atoms with E-state index < -0.39 is 30.1 Å². The zero-order valence-electron chi connectivity index (χ0n) is 10.5. The normalized spacial score (nSPS) is 20.3. The summed E-state index contributed by atoms with van der Waals surface area (Å²) in [4.78, 5) is 35.4. The highest BCUT2D eigenvalue weighted by Gasteiger charge is 2.35. The van der Waals surface area contributed by atoms with Crippen LogP contribution in [0.5, 0.6) is 0 Å². The summed E-state index contributed by atoms with van der Waals surface area (Å²) in [5, 5.41) is 11.0. The maximum absolute atomic E-state index is 11.8. The largest absolute Gasteiger partial charge is 0.480 e. The third kappa shape index (κ3) is 3.35. The lowest BCUT2D eigenvalue weighted by atomic mass is 10.2. The van der Waals surface area contributed by atoms with Gasteiger partial charge in [0, 0.05) is 6.54 Å². The maximum atomic E-state index is 11.8. The Labute approximate surface area is 105 Å². The number of hydrogen-bond acceptors (Lipinski definition) is 4. The second kappa shape index (κ2) is 6.23. The first-order valence-electron chi connectivity index (χ1n) is 5.94. The van der Waals surface area contributed by atoms with Crippen molar-refractivity contribution in [3.05, 3.63) is 0 Å². The van der Waals surface area contributed by atoms with Crippen LogP contribution in [0.4, 0.5) is 4.79 Å². The van der Waals surface area contributed by atoms with Crippen molar-refractivity contribution in [1.29, 1.82) is 0 Å². The maximum Gasteiger partial charge on any atom is 0.328 e. The van der Waals surface area contributed by atoms with Crippen molar-refractivity contribution in [3.63, 3.8) is 0 Å². The first-order chi connectivity index (χ1) is 8.47. The number of carboxylic acids is 1. The van der Waals surface area contributed by atoms with Crippen molar-refractivity contribution in [3.8, 4) is 0 Å². The fraction of sp³-hybridized carbons (Fsp3) is 0.727. The summed E-state index contributed by atoms with van der Waals surface area (Å²) in [6.45, 7) is 3.76. The molecule has 18 heavy (non-hydrogen) atoms. The second-order valence-electron chi connectivity index (χ2n) is 4.11. The average molecular weight is 258 g/mol. The molecule has 2 amide bonds. The van der Waals surface area contributed by atoms with Crippen molar-refractivity contribution < 1.29 is 24.2 Å². The number of aliphatic carboxylic acids is 1. The SMILES string of the molecule is CCOC(=O)C1CCCN1C(=O)NC(C)C(=O)O. The van der Waals surface area contributed by atoms with Crippen molar-refractivity contribution >= 4 is 18.0 Å². The molecule has 1 rings (SSSR count). The lowest BCUT2D eigenvalue weighted by Gasteiger charge is -2.24. The molecule has 1 fully saturated rings. The molecule has 0 spiro atoms. The summed E-state index contributed by atoms with van der Waals surface area (Å²) in [7, 11) is 0. The van der Waals surface area contributed by atoms with Crippen molar-refractivity contribution in [2.75, 3.05) is 13.2 Å². The van der Waals surface area contributed by atoms with Crippen LogP contribution in [0.2, 0.25) is 0 Å². The Balaban J connectivity index is 2.61. The molecule has 1 aliphatic heterocycles.